The monoisotopic (exact) mass is 983 g/mol. The second-order valence-corrected chi connectivity index (χ2v) is 19.9. The smallest absolute Gasteiger partial charge is 0.127 e. The van der Waals surface area contributed by atoms with Gasteiger partial charge in [0.1, 0.15) is 11.5 Å². The van der Waals surface area contributed by atoms with Crippen molar-refractivity contribution in [2.75, 3.05) is 14.7 Å². The highest BCUT2D eigenvalue weighted by atomic mass is 16.5. The number of benzene rings is 10. The van der Waals surface area contributed by atoms with E-state index >= 15 is 0 Å². The standard InChI is InChI=1S/C72H61N3O/c1-4-19-61(20-5-1)74(68-48-39-58-15-10-11-17-60(58)53-68)65-44-35-56(36-45-65)28-27-54-31-40-63(41-32-54)73(66-49-51-70(52-50-66)76-69-23-8-3-9-24-69)64-42-33-55(34-43-64)29-30-57-37-46-67(47-38-57)75(62-21-6-2-7-22-62)72-26-14-18-59-16-12-13-25-71(59)72/h1-9,14,18-24,26-53H,10-13,15-17,25H2/b28-27+,30-29+. The zero-order chi connectivity index (χ0) is 50.9. The van der Waals surface area contributed by atoms with Crippen LogP contribution in [0.5, 0.6) is 11.5 Å². The zero-order valence-corrected chi connectivity index (χ0v) is 42.9. The molecule has 0 N–H and O–H groups in total. The number of hydrogen-bond donors (Lipinski definition) is 0. The van der Waals surface area contributed by atoms with E-state index in [0.717, 1.165) is 87.1 Å². The van der Waals surface area contributed by atoms with Crippen molar-refractivity contribution in [3.8, 4) is 11.5 Å². The maximum atomic E-state index is 6.20. The van der Waals surface area contributed by atoms with E-state index < -0.39 is 0 Å². The highest BCUT2D eigenvalue weighted by Gasteiger charge is 2.21. The van der Waals surface area contributed by atoms with Crippen molar-refractivity contribution in [2.24, 2.45) is 0 Å². The summed E-state index contributed by atoms with van der Waals surface area (Å²) in [7, 11) is 0. The molecule has 12 rings (SSSR count). The van der Waals surface area contributed by atoms with Crippen LogP contribution < -0.4 is 19.4 Å². The first kappa shape index (κ1) is 47.9. The third-order valence-electron chi connectivity index (χ3n) is 14.8. The third-order valence-corrected chi connectivity index (χ3v) is 14.8. The highest BCUT2D eigenvalue weighted by Crippen LogP contribution is 2.42. The Morgan fingerprint density at radius 2 is 0.632 bits per heavy atom. The number of nitrogens with zero attached hydrogens (tertiary/aromatic N) is 3. The molecule has 4 heteroatoms. The number of aryl methyl sites for hydroxylation is 3. The van der Waals surface area contributed by atoms with Gasteiger partial charge in [-0.25, -0.2) is 0 Å². The summed E-state index contributed by atoms with van der Waals surface area (Å²) in [6, 6.07) is 89.0. The molecule has 0 aliphatic heterocycles. The number of para-hydroxylation sites is 3. The van der Waals surface area contributed by atoms with Crippen LogP contribution in [0.2, 0.25) is 0 Å². The first-order valence-corrected chi connectivity index (χ1v) is 27.0. The summed E-state index contributed by atoms with van der Waals surface area (Å²) in [5.41, 5.74) is 20.8. The third kappa shape index (κ3) is 10.9. The molecule has 2 aliphatic carbocycles. The lowest BCUT2D eigenvalue weighted by molar-refractivity contribution is 0.483. The van der Waals surface area contributed by atoms with Crippen LogP contribution in [0.3, 0.4) is 0 Å². The maximum Gasteiger partial charge on any atom is 0.127 e. The summed E-state index contributed by atoms with van der Waals surface area (Å²) in [4.78, 5) is 7.10. The number of fused-ring (bicyclic) bond motifs is 2. The Hall–Kier alpha value is -9.12. The van der Waals surface area contributed by atoms with Gasteiger partial charge >= 0.3 is 0 Å². The van der Waals surface area contributed by atoms with E-state index in [1.807, 2.05) is 42.5 Å². The molecule has 0 bridgehead atoms. The summed E-state index contributed by atoms with van der Waals surface area (Å²) < 4.78 is 6.20. The Balaban J connectivity index is 0.777. The fourth-order valence-corrected chi connectivity index (χ4v) is 10.9. The minimum absolute atomic E-state index is 0.787. The largest absolute Gasteiger partial charge is 0.457 e. The fraction of sp³-hybridized carbons (Fsp3) is 0.111. The number of ether oxygens (including phenoxy) is 1. The Morgan fingerprint density at radius 3 is 1.14 bits per heavy atom. The Kier molecular flexibility index (Phi) is 14.2. The van der Waals surface area contributed by atoms with Crippen molar-refractivity contribution in [1.29, 1.82) is 0 Å². The van der Waals surface area contributed by atoms with Crippen LogP contribution in [0.1, 0.15) is 70.2 Å². The summed E-state index contributed by atoms with van der Waals surface area (Å²) >= 11 is 0. The average Bonchev–Trinajstić information content (AvgIpc) is 3.49. The Labute approximate surface area is 448 Å². The van der Waals surface area contributed by atoms with E-state index in [0.29, 0.717) is 0 Å². The molecule has 0 saturated heterocycles. The number of anilines is 9. The molecular formula is C72H61N3O. The van der Waals surface area contributed by atoms with Gasteiger partial charge in [-0.05, 0) is 223 Å². The molecular weight excluding hydrogens is 923 g/mol. The van der Waals surface area contributed by atoms with Gasteiger partial charge < -0.3 is 19.4 Å². The molecule has 370 valence electrons. The van der Waals surface area contributed by atoms with Gasteiger partial charge in [-0.3, -0.25) is 0 Å². The lowest BCUT2D eigenvalue weighted by Crippen LogP contribution is -2.15. The van der Waals surface area contributed by atoms with Crippen LogP contribution in [0.25, 0.3) is 24.3 Å². The minimum atomic E-state index is 0.787. The molecule has 0 saturated carbocycles. The van der Waals surface area contributed by atoms with E-state index in [1.165, 1.54) is 71.4 Å². The first-order valence-electron chi connectivity index (χ1n) is 27.0. The molecule has 76 heavy (non-hydrogen) atoms. The van der Waals surface area contributed by atoms with Gasteiger partial charge in [0.15, 0.2) is 0 Å². The molecule has 0 fully saturated rings. The van der Waals surface area contributed by atoms with E-state index in [2.05, 4.69) is 245 Å². The molecule has 0 aromatic heterocycles. The van der Waals surface area contributed by atoms with Gasteiger partial charge in [-0.2, -0.15) is 0 Å². The van der Waals surface area contributed by atoms with E-state index in [9.17, 15) is 0 Å². The van der Waals surface area contributed by atoms with Gasteiger partial charge in [-0.1, -0.05) is 146 Å². The van der Waals surface area contributed by atoms with Gasteiger partial charge in [-0.15, -0.1) is 0 Å². The molecule has 0 heterocycles. The lowest BCUT2D eigenvalue weighted by atomic mass is 9.90. The number of rotatable bonds is 15. The van der Waals surface area contributed by atoms with Crippen LogP contribution in [-0.2, 0) is 25.7 Å². The van der Waals surface area contributed by atoms with Crippen LogP contribution in [0, 0.1) is 0 Å². The van der Waals surface area contributed by atoms with Crippen molar-refractivity contribution >= 4 is 75.5 Å². The quantitative estimate of drug-likeness (QED) is 0.0953. The molecule has 0 amide bonds. The summed E-state index contributed by atoms with van der Waals surface area (Å²) in [5, 5.41) is 0. The topological polar surface area (TPSA) is 19.0 Å². The van der Waals surface area contributed by atoms with Gasteiger partial charge in [0.25, 0.3) is 0 Å². The summed E-state index contributed by atoms with van der Waals surface area (Å²) in [6.07, 6.45) is 18.5. The van der Waals surface area contributed by atoms with Gasteiger partial charge in [0.2, 0.25) is 0 Å². The predicted octanol–water partition coefficient (Wildman–Crippen LogP) is 20.0. The lowest BCUT2D eigenvalue weighted by Gasteiger charge is -2.30. The van der Waals surface area contributed by atoms with E-state index in [4.69, 9.17) is 4.74 Å². The van der Waals surface area contributed by atoms with Crippen molar-refractivity contribution in [3.63, 3.8) is 0 Å². The fourth-order valence-electron chi connectivity index (χ4n) is 10.9. The van der Waals surface area contributed by atoms with Crippen molar-refractivity contribution in [1.82, 2.24) is 0 Å². The normalized spacial score (nSPS) is 13.0. The molecule has 0 atom stereocenters. The first-order chi connectivity index (χ1) is 37.6. The molecule has 10 aromatic carbocycles. The van der Waals surface area contributed by atoms with Crippen LogP contribution in [0.15, 0.2) is 249 Å². The second-order valence-electron chi connectivity index (χ2n) is 19.9. The molecule has 2 aliphatic rings. The predicted molar refractivity (Wildman–Crippen MR) is 321 cm³/mol. The van der Waals surface area contributed by atoms with Crippen LogP contribution >= 0.6 is 0 Å². The van der Waals surface area contributed by atoms with Crippen LogP contribution in [-0.4, -0.2) is 0 Å². The zero-order valence-electron chi connectivity index (χ0n) is 42.9. The maximum absolute atomic E-state index is 6.20. The van der Waals surface area contributed by atoms with Crippen molar-refractivity contribution in [2.45, 2.75) is 51.4 Å². The summed E-state index contributed by atoms with van der Waals surface area (Å²) in [6.45, 7) is 0. The molecule has 0 spiro atoms. The molecule has 4 nitrogen and oxygen atoms in total. The van der Waals surface area contributed by atoms with Crippen molar-refractivity contribution in [3.05, 3.63) is 293 Å². The second kappa shape index (κ2) is 22.6. The SMILES string of the molecule is C(=C\c1ccc(N(c2ccccc2)c2ccc3c(c2)CCCC3)cc1)/c1ccc(N(c2ccc(/C=C/c3ccc(N(c4ccccc4)c4cccc5c4CCCC5)cc3)cc2)c2ccc(Oc3ccccc3)cc2)cc1. The van der Waals surface area contributed by atoms with E-state index in [1.54, 1.807) is 0 Å². The van der Waals surface area contributed by atoms with Crippen LogP contribution in [0.4, 0.5) is 51.2 Å². The van der Waals surface area contributed by atoms with Gasteiger partial charge in [0, 0.05) is 51.2 Å². The summed E-state index contributed by atoms with van der Waals surface area (Å²) in [5.74, 6) is 1.60. The Morgan fingerprint density at radius 1 is 0.263 bits per heavy atom. The number of hydrogen-bond acceptors (Lipinski definition) is 4. The molecule has 0 radical (unpaired) electrons. The van der Waals surface area contributed by atoms with E-state index in [-0.39, 0.29) is 0 Å². The van der Waals surface area contributed by atoms with Gasteiger partial charge in [0.05, 0.1) is 0 Å². The average molecular weight is 984 g/mol. The van der Waals surface area contributed by atoms with Crippen molar-refractivity contribution < 1.29 is 4.74 Å². The Bertz CT molecular complexity index is 3570. The molecule has 0 unspecified atom stereocenters. The molecule has 10 aromatic rings. The minimum Gasteiger partial charge on any atom is -0.457 e. The highest BCUT2D eigenvalue weighted by molar-refractivity contribution is 5.83.